The van der Waals surface area contributed by atoms with E-state index in [-0.39, 0.29) is 17.5 Å². The molecule has 0 aromatic carbocycles. The van der Waals surface area contributed by atoms with Gasteiger partial charge in [0.1, 0.15) is 5.41 Å². The number of nitrogens with zero attached hydrogens (tertiary/aromatic N) is 2. The molecule has 1 saturated carbocycles. The van der Waals surface area contributed by atoms with Gasteiger partial charge < -0.3 is 13.9 Å². The molecule has 0 spiro atoms. The number of fused-ring (bicyclic) bond motifs is 1. The summed E-state index contributed by atoms with van der Waals surface area (Å²) in [5.74, 6) is 0.325. The lowest BCUT2D eigenvalue weighted by atomic mass is 9.84. The van der Waals surface area contributed by atoms with Crippen LogP contribution in [-0.4, -0.2) is 29.2 Å². The smallest absolute Gasteiger partial charge is 0.340 e. The van der Waals surface area contributed by atoms with Crippen molar-refractivity contribution in [3.05, 3.63) is 41.2 Å². The van der Waals surface area contributed by atoms with E-state index in [2.05, 4.69) is 39.0 Å². The van der Waals surface area contributed by atoms with Crippen molar-refractivity contribution in [3.63, 3.8) is 0 Å². The molecule has 0 radical (unpaired) electrons. The van der Waals surface area contributed by atoms with Crippen LogP contribution in [0.4, 0.5) is 0 Å². The van der Waals surface area contributed by atoms with Crippen LogP contribution in [0.1, 0.15) is 74.5 Å². The van der Waals surface area contributed by atoms with E-state index in [9.17, 15) is 10.1 Å². The highest BCUT2D eigenvalue weighted by atomic mass is 16.5. The number of hydrogen-bond donors (Lipinski definition) is 0. The molecule has 2 aromatic rings. The van der Waals surface area contributed by atoms with Crippen molar-refractivity contribution in [1.29, 1.82) is 5.26 Å². The van der Waals surface area contributed by atoms with Gasteiger partial charge in [0.25, 0.3) is 0 Å². The Balaban J connectivity index is 1.81. The molecule has 2 aromatic heterocycles. The topological polar surface area (TPSA) is 63.7 Å². The van der Waals surface area contributed by atoms with Gasteiger partial charge >= 0.3 is 5.97 Å². The lowest BCUT2D eigenvalue weighted by Gasteiger charge is -2.35. The molecule has 3 heterocycles. The molecule has 5 heteroatoms. The quantitative estimate of drug-likeness (QED) is 0.728. The first-order valence-electron chi connectivity index (χ1n) is 10.2. The molecule has 3 atom stereocenters. The van der Waals surface area contributed by atoms with Gasteiger partial charge in [0.05, 0.1) is 29.5 Å². The van der Waals surface area contributed by atoms with E-state index in [4.69, 9.17) is 9.47 Å². The molecule has 1 unspecified atom stereocenters. The lowest BCUT2D eigenvalue weighted by Crippen LogP contribution is -2.33. The van der Waals surface area contributed by atoms with E-state index in [1.807, 2.05) is 16.7 Å². The van der Waals surface area contributed by atoms with Crippen LogP contribution in [0.15, 0.2) is 24.4 Å². The molecule has 4 rings (SSSR count). The normalized spacial score (nSPS) is 28.7. The Morgan fingerprint density at radius 1 is 1.39 bits per heavy atom. The average molecular weight is 380 g/mol. The van der Waals surface area contributed by atoms with Gasteiger partial charge in [-0.15, -0.1) is 0 Å². The Kier molecular flexibility index (Phi) is 4.50. The fourth-order valence-electron chi connectivity index (χ4n) is 4.75. The van der Waals surface area contributed by atoms with E-state index >= 15 is 0 Å². The maximum atomic E-state index is 12.6. The first-order valence-corrected chi connectivity index (χ1v) is 10.2. The molecule has 1 saturated heterocycles. The number of aromatic nitrogens is 1. The van der Waals surface area contributed by atoms with Crippen LogP contribution in [0.3, 0.4) is 0 Å². The second-order valence-corrected chi connectivity index (χ2v) is 8.87. The summed E-state index contributed by atoms with van der Waals surface area (Å²) in [6.07, 6.45) is 4.77. The number of rotatable bonds is 4. The number of ether oxygens (including phenoxy) is 2. The summed E-state index contributed by atoms with van der Waals surface area (Å²) in [5.41, 5.74) is 2.81. The summed E-state index contributed by atoms with van der Waals surface area (Å²) in [4.78, 5) is 12.6. The largest absolute Gasteiger partial charge is 0.462 e. The van der Waals surface area contributed by atoms with Crippen molar-refractivity contribution in [2.45, 2.75) is 63.9 Å². The Hall–Kier alpha value is -2.32. The fourth-order valence-corrected chi connectivity index (χ4v) is 4.75. The minimum absolute atomic E-state index is 0.118. The molecule has 1 aliphatic carbocycles. The summed E-state index contributed by atoms with van der Waals surface area (Å²) in [6, 6.07) is 8.67. The highest BCUT2D eigenvalue weighted by molar-refractivity contribution is 5.94. The van der Waals surface area contributed by atoms with Crippen molar-refractivity contribution < 1.29 is 14.3 Å². The molecule has 5 nitrogen and oxygen atoms in total. The molecular formula is C23H28N2O3. The van der Waals surface area contributed by atoms with Crippen LogP contribution in [0, 0.1) is 17.2 Å². The third kappa shape index (κ3) is 3.00. The fraction of sp³-hybridized carbons (Fsp3) is 0.565. The van der Waals surface area contributed by atoms with Crippen molar-refractivity contribution >= 4 is 11.5 Å². The summed E-state index contributed by atoms with van der Waals surface area (Å²) in [7, 11) is 0. The monoisotopic (exact) mass is 380 g/mol. The molecule has 2 fully saturated rings. The summed E-state index contributed by atoms with van der Waals surface area (Å²) < 4.78 is 13.2. The standard InChI is InChI=1S/C23H28N2O3/c1-5-27-21(26)19-11-18-10-16(17-7-9-28-22(3,4)13-17)6-8-25(18)20(19)23(14-24)12-15(23)2/h6,8,10-11,15,17H,5,7,9,12-13H2,1-4H3/t15-,17?,23+/m0/s1. The van der Waals surface area contributed by atoms with Crippen LogP contribution in [-0.2, 0) is 14.9 Å². The molecule has 0 amide bonds. The zero-order valence-corrected chi connectivity index (χ0v) is 17.1. The summed E-state index contributed by atoms with van der Waals surface area (Å²) in [5, 5.41) is 9.88. The van der Waals surface area contributed by atoms with Gasteiger partial charge in [-0.3, -0.25) is 0 Å². The molecule has 148 valence electrons. The van der Waals surface area contributed by atoms with E-state index < -0.39 is 5.41 Å². The molecule has 0 bridgehead atoms. The number of esters is 1. The third-order valence-corrected chi connectivity index (χ3v) is 6.39. The van der Waals surface area contributed by atoms with E-state index in [0.717, 1.165) is 37.1 Å². The van der Waals surface area contributed by atoms with Gasteiger partial charge in [0.15, 0.2) is 0 Å². The van der Waals surface area contributed by atoms with E-state index in [0.29, 0.717) is 18.1 Å². The summed E-state index contributed by atoms with van der Waals surface area (Å²) in [6.45, 7) is 9.22. The highest BCUT2D eigenvalue weighted by Gasteiger charge is 2.56. The van der Waals surface area contributed by atoms with E-state index in [1.165, 1.54) is 5.56 Å². The summed E-state index contributed by atoms with van der Waals surface area (Å²) >= 11 is 0. The van der Waals surface area contributed by atoms with Crippen molar-refractivity contribution in [1.82, 2.24) is 4.40 Å². The number of carbonyl (C=O) groups excluding carboxylic acids is 1. The molecule has 28 heavy (non-hydrogen) atoms. The molecule has 2 aliphatic rings. The molecule has 1 aliphatic heterocycles. The van der Waals surface area contributed by atoms with Gasteiger partial charge in [0.2, 0.25) is 0 Å². The predicted octanol–water partition coefficient (Wildman–Crippen LogP) is 4.59. The number of pyridine rings is 1. The van der Waals surface area contributed by atoms with Gasteiger partial charge in [-0.2, -0.15) is 5.26 Å². The van der Waals surface area contributed by atoms with Gasteiger partial charge in [-0.25, -0.2) is 4.79 Å². The first kappa shape index (κ1) is 19.0. The maximum Gasteiger partial charge on any atom is 0.340 e. The van der Waals surface area contributed by atoms with Gasteiger partial charge in [0, 0.05) is 18.3 Å². The minimum atomic E-state index is -0.600. The minimum Gasteiger partial charge on any atom is -0.462 e. The SMILES string of the molecule is CCOC(=O)c1cc2cc(C3CCOC(C)(C)C3)ccn2c1[C@@]1(C#N)C[C@@H]1C. The Morgan fingerprint density at radius 2 is 2.14 bits per heavy atom. The van der Waals surface area contributed by atoms with Crippen molar-refractivity contribution in [2.24, 2.45) is 5.92 Å². The van der Waals surface area contributed by atoms with E-state index in [1.54, 1.807) is 6.92 Å². The molecular weight excluding hydrogens is 352 g/mol. The van der Waals surface area contributed by atoms with Crippen molar-refractivity contribution in [3.8, 4) is 6.07 Å². The maximum absolute atomic E-state index is 12.6. The third-order valence-electron chi connectivity index (χ3n) is 6.39. The second kappa shape index (κ2) is 6.63. The van der Waals surface area contributed by atoms with Crippen LogP contribution >= 0.6 is 0 Å². The molecule has 0 N–H and O–H groups in total. The van der Waals surface area contributed by atoms with Crippen molar-refractivity contribution in [2.75, 3.05) is 13.2 Å². The lowest BCUT2D eigenvalue weighted by molar-refractivity contribution is -0.0593. The van der Waals surface area contributed by atoms with Gasteiger partial charge in [-0.1, -0.05) is 6.92 Å². The zero-order valence-electron chi connectivity index (χ0n) is 17.1. The Morgan fingerprint density at radius 3 is 2.75 bits per heavy atom. The van der Waals surface area contributed by atoms with Gasteiger partial charge in [-0.05, 0) is 75.6 Å². The average Bonchev–Trinajstić information content (AvgIpc) is 3.16. The number of carbonyl (C=O) groups is 1. The van der Waals surface area contributed by atoms with Crippen LogP contribution in [0.25, 0.3) is 5.52 Å². The van der Waals surface area contributed by atoms with Crippen LogP contribution < -0.4 is 0 Å². The second-order valence-electron chi connectivity index (χ2n) is 8.87. The Bertz CT molecular complexity index is 968. The highest BCUT2D eigenvalue weighted by Crippen LogP contribution is 2.55. The van der Waals surface area contributed by atoms with Crippen LogP contribution in [0.5, 0.6) is 0 Å². The van der Waals surface area contributed by atoms with Crippen LogP contribution in [0.2, 0.25) is 0 Å². The predicted molar refractivity (Wildman–Crippen MR) is 106 cm³/mol. The first-order chi connectivity index (χ1) is 13.3. The number of hydrogen-bond acceptors (Lipinski definition) is 4. The zero-order chi connectivity index (χ0) is 20.1. The number of nitriles is 1. The Labute approximate surface area is 166 Å².